The SMILES string of the molecule is CCC(CO)N(CCC(=O)O)C(=O)c1ccccc1C. The molecular weight excluding hydrogens is 258 g/mol. The van der Waals surface area contributed by atoms with E-state index in [1.807, 2.05) is 26.0 Å². The molecule has 1 aromatic carbocycles. The number of carboxylic acids is 1. The van der Waals surface area contributed by atoms with Crippen LogP contribution in [-0.4, -0.2) is 46.2 Å². The quantitative estimate of drug-likeness (QED) is 0.796. The molecule has 0 radical (unpaired) electrons. The highest BCUT2D eigenvalue weighted by Crippen LogP contribution is 2.15. The summed E-state index contributed by atoms with van der Waals surface area (Å²) in [6, 6.07) is 6.81. The molecule has 5 heteroatoms. The first-order chi connectivity index (χ1) is 9.51. The smallest absolute Gasteiger partial charge is 0.305 e. The summed E-state index contributed by atoms with van der Waals surface area (Å²) < 4.78 is 0. The van der Waals surface area contributed by atoms with Crippen LogP contribution in [0, 0.1) is 6.92 Å². The average molecular weight is 279 g/mol. The fourth-order valence-electron chi connectivity index (χ4n) is 2.08. The van der Waals surface area contributed by atoms with Crippen LogP contribution in [0.3, 0.4) is 0 Å². The number of carbonyl (C=O) groups excluding carboxylic acids is 1. The predicted molar refractivity (Wildman–Crippen MR) is 75.6 cm³/mol. The summed E-state index contributed by atoms with van der Waals surface area (Å²) in [6.07, 6.45) is 0.446. The number of aliphatic carboxylic acids is 1. The predicted octanol–water partition coefficient (Wildman–Crippen LogP) is 1.68. The largest absolute Gasteiger partial charge is 0.481 e. The second-order valence-electron chi connectivity index (χ2n) is 4.70. The highest BCUT2D eigenvalue weighted by molar-refractivity contribution is 5.96. The van der Waals surface area contributed by atoms with Crippen LogP contribution in [-0.2, 0) is 4.79 Å². The number of aliphatic hydroxyl groups excluding tert-OH is 1. The van der Waals surface area contributed by atoms with Crippen molar-refractivity contribution >= 4 is 11.9 Å². The molecule has 20 heavy (non-hydrogen) atoms. The standard InChI is InChI=1S/C15H21NO4/c1-3-12(10-17)16(9-8-14(18)19)15(20)13-7-5-4-6-11(13)2/h4-7,12,17H,3,8-10H2,1-2H3,(H,18,19). The number of carboxylic acid groups (broad SMARTS) is 1. The Labute approximate surface area is 118 Å². The summed E-state index contributed by atoms with van der Waals surface area (Å²) in [5.41, 5.74) is 1.38. The number of aryl methyl sites for hydroxylation is 1. The van der Waals surface area contributed by atoms with Crippen LogP contribution in [0.1, 0.15) is 35.7 Å². The number of rotatable bonds is 7. The van der Waals surface area contributed by atoms with Gasteiger partial charge in [0.1, 0.15) is 0 Å². The monoisotopic (exact) mass is 279 g/mol. The van der Waals surface area contributed by atoms with Crippen molar-refractivity contribution < 1.29 is 19.8 Å². The molecule has 0 saturated heterocycles. The number of amides is 1. The fourth-order valence-corrected chi connectivity index (χ4v) is 2.08. The Morgan fingerprint density at radius 3 is 2.45 bits per heavy atom. The molecule has 0 aliphatic rings. The molecule has 0 aliphatic heterocycles. The molecule has 0 bridgehead atoms. The summed E-state index contributed by atoms with van der Waals surface area (Å²) in [6.45, 7) is 3.62. The summed E-state index contributed by atoms with van der Waals surface area (Å²) in [4.78, 5) is 24.7. The molecule has 0 saturated carbocycles. The third kappa shape index (κ3) is 4.06. The summed E-state index contributed by atoms with van der Waals surface area (Å²) >= 11 is 0. The van der Waals surface area contributed by atoms with E-state index in [1.54, 1.807) is 12.1 Å². The highest BCUT2D eigenvalue weighted by Gasteiger charge is 2.24. The molecule has 0 heterocycles. The van der Waals surface area contributed by atoms with Gasteiger partial charge in [0.25, 0.3) is 5.91 Å². The third-order valence-corrected chi connectivity index (χ3v) is 3.33. The molecule has 1 aromatic rings. The van der Waals surface area contributed by atoms with Gasteiger partial charge in [-0.3, -0.25) is 9.59 Å². The molecule has 1 atom stereocenters. The van der Waals surface area contributed by atoms with Crippen LogP contribution in [0.25, 0.3) is 0 Å². The van der Waals surface area contributed by atoms with Crippen LogP contribution in [0.4, 0.5) is 0 Å². The molecule has 0 spiro atoms. The van der Waals surface area contributed by atoms with Gasteiger partial charge in [-0.15, -0.1) is 0 Å². The molecule has 5 nitrogen and oxygen atoms in total. The maximum Gasteiger partial charge on any atom is 0.305 e. The zero-order chi connectivity index (χ0) is 15.1. The fraction of sp³-hybridized carbons (Fsp3) is 0.467. The Hall–Kier alpha value is -1.88. The van der Waals surface area contributed by atoms with Crippen molar-refractivity contribution in [3.8, 4) is 0 Å². The van der Waals surface area contributed by atoms with Crippen molar-refractivity contribution in [2.24, 2.45) is 0 Å². The Bertz CT molecular complexity index is 469. The topological polar surface area (TPSA) is 77.8 Å². The van der Waals surface area contributed by atoms with E-state index in [2.05, 4.69) is 0 Å². The van der Waals surface area contributed by atoms with E-state index in [0.29, 0.717) is 12.0 Å². The second-order valence-corrected chi connectivity index (χ2v) is 4.70. The van der Waals surface area contributed by atoms with Crippen molar-refractivity contribution in [3.05, 3.63) is 35.4 Å². The van der Waals surface area contributed by atoms with Crippen LogP contribution in [0.15, 0.2) is 24.3 Å². The molecular formula is C15H21NO4. The van der Waals surface area contributed by atoms with Gasteiger partial charge in [-0.1, -0.05) is 25.1 Å². The minimum atomic E-state index is -0.958. The third-order valence-electron chi connectivity index (χ3n) is 3.33. The lowest BCUT2D eigenvalue weighted by atomic mass is 10.1. The Balaban J connectivity index is 3.00. The van der Waals surface area contributed by atoms with E-state index in [-0.39, 0.29) is 31.5 Å². The Morgan fingerprint density at radius 2 is 1.95 bits per heavy atom. The normalized spacial score (nSPS) is 11.9. The lowest BCUT2D eigenvalue weighted by Gasteiger charge is -2.30. The lowest BCUT2D eigenvalue weighted by molar-refractivity contribution is -0.137. The zero-order valence-corrected chi connectivity index (χ0v) is 11.9. The molecule has 2 N–H and O–H groups in total. The van der Waals surface area contributed by atoms with Crippen molar-refractivity contribution in [1.29, 1.82) is 0 Å². The van der Waals surface area contributed by atoms with Crippen LogP contribution >= 0.6 is 0 Å². The van der Waals surface area contributed by atoms with Crippen molar-refractivity contribution in [3.63, 3.8) is 0 Å². The first-order valence-corrected chi connectivity index (χ1v) is 6.70. The van der Waals surface area contributed by atoms with Gasteiger partial charge in [-0.2, -0.15) is 0 Å². The van der Waals surface area contributed by atoms with Gasteiger partial charge in [0.05, 0.1) is 19.1 Å². The number of hydrogen-bond donors (Lipinski definition) is 2. The van der Waals surface area contributed by atoms with Gasteiger partial charge in [0.2, 0.25) is 0 Å². The van der Waals surface area contributed by atoms with Crippen LogP contribution < -0.4 is 0 Å². The Morgan fingerprint density at radius 1 is 1.30 bits per heavy atom. The molecule has 1 amide bonds. The number of benzene rings is 1. The van der Waals surface area contributed by atoms with Gasteiger partial charge in [-0.05, 0) is 25.0 Å². The minimum absolute atomic E-state index is 0.0988. The van der Waals surface area contributed by atoms with Crippen LogP contribution in [0.2, 0.25) is 0 Å². The van der Waals surface area contributed by atoms with Gasteiger partial charge in [0, 0.05) is 12.1 Å². The first kappa shape index (κ1) is 16.2. The van der Waals surface area contributed by atoms with E-state index in [0.717, 1.165) is 5.56 Å². The summed E-state index contributed by atoms with van der Waals surface area (Å²) in [5, 5.41) is 18.2. The maximum absolute atomic E-state index is 12.6. The van der Waals surface area contributed by atoms with E-state index >= 15 is 0 Å². The minimum Gasteiger partial charge on any atom is -0.481 e. The van der Waals surface area contributed by atoms with Gasteiger partial charge < -0.3 is 15.1 Å². The summed E-state index contributed by atoms with van der Waals surface area (Å²) in [7, 11) is 0. The van der Waals surface area contributed by atoms with E-state index in [4.69, 9.17) is 5.11 Å². The highest BCUT2D eigenvalue weighted by atomic mass is 16.4. The van der Waals surface area contributed by atoms with Crippen LogP contribution in [0.5, 0.6) is 0 Å². The van der Waals surface area contributed by atoms with Crippen molar-refractivity contribution in [1.82, 2.24) is 4.90 Å². The maximum atomic E-state index is 12.6. The molecule has 1 rings (SSSR count). The first-order valence-electron chi connectivity index (χ1n) is 6.70. The van der Waals surface area contributed by atoms with Crippen molar-refractivity contribution in [2.75, 3.05) is 13.2 Å². The van der Waals surface area contributed by atoms with E-state index < -0.39 is 5.97 Å². The number of carbonyl (C=O) groups is 2. The van der Waals surface area contributed by atoms with Gasteiger partial charge in [0.15, 0.2) is 0 Å². The van der Waals surface area contributed by atoms with Gasteiger partial charge in [-0.25, -0.2) is 0 Å². The van der Waals surface area contributed by atoms with Gasteiger partial charge >= 0.3 is 5.97 Å². The average Bonchev–Trinajstić information content (AvgIpc) is 2.43. The zero-order valence-electron chi connectivity index (χ0n) is 11.9. The molecule has 0 fully saturated rings. The molecule has 110 valence electrons. The number of nitrogens with zero attached hydrogens (tertiary/aromatic N) is 1. The molecule has 1 unspecified atom stereocenters. The van der Waals surface area contributed by atoms with E-state index in [9.17, 15) is 14.7 Å². The van der Waals surface area contributed by atoms with Crippen molar-refractivity contribution in [2.45, 2.75) is 32.7 Å². The second kappa shape index (κ2) is 7.65. The molecule has 0 aromatic heterocycles. The van der Waals surface area contributed by atoms with E-state index in [1.165, 1.54) is 4.90 Å². The number of aliphatic hydroxyl groups is 1. The number of hydrogen-bond acceptors (Lipinski definition) is 3. The Kier molecular flexibility index (Phi) is 6.18. The summed E-state index contributed by atoms with van der Waals surface area (Å²) in [5.74, 6) is -1.19. The lowest BCUT2D eigenvalue weighted by Crippen LogP contribution is -2.43. The molecule has 0 aliphatic carbocycles.